The molecule has 3 aliphatic rings. The van der Waals surface area contributed by atoms with Gasteiger partial charge >= 0.3 is 0 Å². The van der Waals surface area contributed by atoms with Gasteiger partial charge in [0.1, 0.15) is 0 Å². The van der Waals surface area contributed by atoms with Crippen LogP contribution in [0.2, 0.25) is 0 Å². The second kappa shape index (κ2) is 7.86. The first kappa shape index (κ1) is 17.0. The Morgan fingerprint density at radius 2 is 2.17 bits per heavy atom. The Morgan fingerprint density at radius 1 is 1.25 bits per heavy atom. The zero-order valence-electron chi connectivity index (χ0n) is 14.8. The molecule has 1 saturated carbocycles. The highest BCUT2D eigenvalue weighted by molar-refractivity contribution is 7.09. The lowest BCUT2D eigenvalue weighted by molar-refractivity contribution is -0.155. The molecule has 0 unspecified atom stereocenters. The third kappa shape index (κ3) is 3.87. The molecule has 3 fully saturated rings. The van der Waals surface area contributed by atoms with E-state index in [0.717, 1.165) is 51.8 Å². The van der Waals surface area contributed by atoms with Crippen LogP contribution in [0, 0.1) is 11.3 Å². The van der Waals surface area contributed by atoms with E-state index in [1.165, 1.54) is 43.4 Å². The number of ether oxygens (including phenoxy) is 2. The van der Waals surface area contributed by atoms with Gasteiger partial charge in [0.2, 0.25) is 0 Å². The summed E-state index contributed by atoms with van der Waals surface area (Å²) in [7, 11) is 0. The normalized spacial score (nSPS) is 32.1. The minimum Gasteiger partial charge on any atom is -0.380 e. The molecule has 134 valence electrons. The molecule has 0 N–H and O–H groups in total. The van der Waals surface area contributed by atoms with Crippen molar-refractivity contribution >= 4 is 11.3 Å². The van der Waals surface area contributed by atoms with Crippen LogP contribution in [0.4, 0.5) is 0 Å². The molecule has 2 saturated heterocycles. The maximum Gasteiger partial charge on any atom is 0.0677 e. The van der Waals surface area contributed by atoms with E-state index >= 15 is 0 Å². The average molecular weight is 350 g/mol. The van der Waals surface area contributed by atoms with Crippen LogP contribution in [0.1, 0.15) is 49.8 Å². The highest BCUT2D eigenvalue weighted by atomic mass is 32.1. The molecule has 0 spiro atoms. The van der Waals surface area contributed by atoms with E-state index in [0.29, 0.717) is 6.10 Å². The molecule has 1 aliphatic carbocycles. The summed E-state index contributed by atoms with van der Waals surface area (Å²) >= 11 is 1.88. The molecule has 0 amide bonds. The maximum atomic E-state index is 6.30. The van der Waals surface area contributed by atoms with Gasteiger partial charge in [0.25, 0.3) is 0 Å². The summed E-state index contributed by atoms with van der Waals surface area (Å²) in [6.07, 6.45) is 9.58. The van der Waals surface area contributed by atoms with Gasteiger partial charge in [-0.15, -0.1) is 11.3 Å². The fourth-order valence-electron chi connectivity index (χ4n) is 4.96. The van der Waals surface area contributed by atoms with Gasteiger partial charge in [-0.1, -0.05) is 18.9 Å². The lowest BCUT2D eigenvalue weighted by atomic mass is 9.73. The summed E-state index contributed by atoms with van der Waals surface area (Å²) in [5.74, 6) is 0.815. The Balaban J connectivity index is 1.37. The minimum atomic E-state index is 0.229. The molecule has 4 rings (SSSR count). The number of nitrogens with zero attached hydrogens (tertiary/aromatic N) is 1. The highest BCUT2D eigenvalue weighted by Crippen LogP contribution is 2.41. The van der Waals surface area contributed by atoms with Crippen molar-refractivity contribution in [3.05, 3.63) is 22.4 Å². The van der Waals surface area contributed by atoms with Crippen LogP contribution in [0.15, 0.2) is 17.5 Å². The van der Waals surface area contributed by atoms with Crippen molar-refractivity contribution in [1.29, 1.82) is 0 Å². The first-order valence-electron chi connectivity index (χ1n) is 9.78. The summed E-state index contributed by atoms with van der Waals surface area (Å²) in [5, 5.41) is 2.19. The van der Waals surface area contributed by atoms with Crippen molar-refractivity contribution in [1.82, 2.24) is 4.90 Å². The van der Waals surface area contributed by atoms with Gasteiger partial charge < -0.3 is 9.47 Å². The van der Waals surface area contributed by atoms with Crippen molar-refractivity contribution in [2.24, 2.45) is 11.3 Å². The Bertz CT molecular complexity index is 500. The molecule has 0 aromatic carbocycles. The Hall–Kier alpha value is -0.420. The number of fused-ring (bicyclic) bond motifs is 1. The number of likely N-dealkylation sites (tertiary alicyclic amines) is 1. The van der Waals surface area contributed by atoms with E-state index in [-0.39, 0.29) is 5.41 Å². The van der Waals surface area contributed by atoms with E-state index in [1.54, 1.807) is 0 Å². The van der Waals surface area contributed by atoms with Gasteiger partial charge in [-0.25, -0.2) is 0 Å². The van der Waals surface area contributed by atoms with Crippen LogP contribution in [0.5, 0.6) is 0 Å². The van der Waals surface area contributed by atoms with Gasteiger partial charge in [0.15, 0.2) is 0 Å². The summed E-state index contributed by atoms with van der Waals surface area (Å²) < 4.78 is 12.5. The average Bonchev–Trinajstić information content (AvgIpc) is 3.28. The van der Waals surface area contributed by atoms with E-state index in [9.17, 15) is 0 Å². The predicted octanol–water partition coefficient (Wildman–Crippen LogP) is 4.33. The second-order valence-electron chi connectivity index (χ2n) is 8.07. The van der Waals surface area contributed by atoms with Crippen LogP contribution in [-0.2, 0) is 16.0 Å². The molecule has 0 radical (unpaired) electrons. The number of hydrogen-bond donors (Lipinski definition) is 0. The van der Waals surface area contributed by atoms with Gasteiger partial charge in [-0.3, -0.25) is 4.90 Å². The van der Waals surface area contributed by atoms with Crippen LogP contribution < -0.4 is 0 Å². The van der Waals surface area contributed by atoms with Crippen LogP contribution in [0.3, 0.4) is 0 Å². The lowest BCUT2D eigenvalue weighted by Gasteiger charge is -2.50. The largest absolute Gasteiger partial charge is 0.380 e. The second-order valence-corrected chi connectivity index (χ2v) is 9.10. The summed E-state index contributed by atoms with van der Waals surface area (Å²) in [5.41, 5.74) is 0.229. The molecule has 4 heteroatoms. The number of rotatable bonds is 6. The molecule has 2 atom stereocenters. The molecule has 1 aromatic rings. The van der Waals surface area contributed by atoms with E-state index in [4.69, 9.17) is 9.47 Å². The highest BCUT2D eigenvalue weighted by Gasteiger charge is 2.46. The Kier molecular flexibility index (Phi) is 5.57. The van der Waals surface area contributed by atoms with Crippen molar-refractivity contribution in [2.45, 2.75) is 57.6 Å². The van der Waals surface area contributed by atoms with Crippen LogP contribution in [0.25, 0.3) is 0 Å². The first-order chi connectivity index (χ1) is 11.8. The Labute approximate surface area is 150 Å². The third-order valence-electron chi connectivity index (χ3n) is 6.24. The molecular formula is C20H31NO2S. The molecule has 2 aliphatic heterocycles. The molecule has 3 nitrogen and oxygen atoms in total. The summed E-state index contributed by atoms with van der Waals surface area (Å²) in [6.45, 7) is 6.20. The van der Waals surface area contributed by atoms with E-state index < -0.39 is 0 Å². The fourth-order valence-corrected chi connectivity index (χ4v) is 5.70. The quantitative estimate of drug-likeness (QED) is 0.763. The van der Waals surface area contributed by atoms with Gasteiger partial charge in [-0.05, 0) is 49.5 Å². The molecule has 3 heterocycles. The molecule has 24 heavy (non-hydrogen) atoms. The van der Waals surface area contributed by atoms with Crippen LogP contribution in [-0.4, -0.2) is 43.9 Å². The number of thiophene rings is 1. The van der Waals surface area contributed by atoms with Crippen molar-refractivity contribution in [3.8, 4) is 0 Å². The smallest absolute Gasteiger partial charge is 0.0677 e. The lowest BCUT2D eigenvalue weighted by Crippen LogP contribution is -2.56. The van der Waals surface area contributed by atoms with Gasteiger partial charge in [-0.2, -0.15) is 0 Å². The summed E-state index contributed by atoms with van der Waals surface area (Å²) in [6, 6.07) is 4.42. The van der Waals surface area contributed by atoms with E-state index in [2.05, 4.69) is 22.4 Å². The van der Waals surface area contributed by atoms with Crippen molar-refractivity contribution in [3.63, 3.8) is 0 Å². The van der Waals surface area contributed by atoms with Crippen LogP contribution >= 0.6 is 11.3 Å². The fraction of sp³-hybridized carbons (Fsp3) is 0.800. The third-order valence-corrected chi connectivity index (χ3v) is 7.11. The Morgan fingerprint density at radius 3 is 3.00 bits per heavy atom. The summed E-state index contributed by atoms with van der Waals surface area (Å²) in [4.78, 5) is 4.11. The topological polar surface area (TPSA) is 21.7 Å². The zero-order chi connectivity index (χ0) is 16.2. The van der Waals surface area contributed by atoms with Gasteiger partial charge in [0.05, 0.1) is 12.7 Å². The SMILES string of the molecule is c1csc(CN2CC[C@H]3OCCC[C@@]3(COCC3CCCC3)C2)c1. The number of hydrogen-bond acceptors (Lipinski definition) is 4. The minimum absolute atomic E-state index is 0.229. The van der Waals surface area contributed by atoms with Gasteiger partial charge in [0, 0.05) is 43.1 Å². The maximum absolute atomic E-state index is 6.30. The monoisotopic (exact) mass is 349 g/mol. The van der Waals surface area contributed by atoms with Crippen molar-refractivity contribution in [2.75, 3.05) is 32.9 Å². The van der Waals surface area contributed by atoms with Crippen molar-refractivity contribution < 1.29 is 9.47 Å². The standard InChI is InChI=1S/C20H31NO2S/c1-2-6-17(5-1)14-22-16-20-9-4-11-23-19(20)8-10-21(15-20)13-18-7-3-12-24-18/h3,7,12,17,19H,1-2,4-6,8-11,13-16H2/t19-,20+/m1/s1. The molecular weight excluding hydrogens is 318 g/mol. The molecule has 1 aromatic heterocycles. The molecule has 0 bridgehead atoms. The first-order valence-corrected chi connectivity index (χ1v) is 10.7. The number of piperidine rings is 1. The van der Waals surface area contributed by atoms with E-state index in [1.807, 2.05) is 11.3 Å². The zero-order valence-corrected chi connectivity index (χ0v) is 15.6. The predicted molar refractivity (Wildman–Crippen MR) is 98.4 cm³/mol.